The van der Waals surface area contributed by atoms with E-state index in [2.05, 4.69) is 4.90 Å². The summed E-state index contributed by atoms with van der Waals surface area (Å²) in [5.74, 6) is 1.15. The maximum absolute atomic E-state index is 10.8. The molecular formula is C17H25NO4. The molecule has 2 rings (SSSR count). The van der Waals surface area contributed by atoms with Crippen LogP contribution in [0.1, 0.15) is 25.7 Å². The van der Waals surface area contributed by atoms with Crippen molar-refractivity contribution in [2.75, 3.05) is 33.4 Å². The molecule has 0 saturated carbocycles. The molecule has 0 spiro atoms. The number of carboxylic acids is 1. The second kappa shape index (κ2) is 8.63. The first-order valence-electron chi connectivity index (χ1n) is 7.89. The predicted molar refractivity (Wildman–Crippen MR) is 84.5 cm³/mol. The third-order valence-electron chi connectivity index (χ3n) is 4.14. The molecule has 1 aliphatic heterocycles. The molecule has 122 valence electrons. The van der Waals surface area contributed by atoms with E-state index in [4.69, 9.17) is 14.6 Å². The molecule has 1 aliphatic rings. The van der Waals surface area contributed by atoms with Crippen molar-refractivity contribution < 1.29 is 19.4 Å². The maximum atomic E-state index is 10.8. The van der Waals surface area contributed by atoms with Gasteiger partial charge in [-0.1, -0.05) is 12.1 Å². The summed E-state index contributed by atoms with van der Waals surface area (Å²) in [6, 6.07) is 7.64. The first-order valence-corrected chi connectivity index (χ1v) is 7.89. The van der Waals surface area contributed by atoms with Crippen molar-refractivity contribution in [1.29, 1.82) is 0 Å². The molecule has 0 unspecified atom stereocenters. The fourth-order valence-corrected chi connectivity index (χ4v) is 2.92. The van der Waals surface area contributed by atoms with Gasteiger partial charge in [-0.15, -0.1) is 0 Å². The Morgan fingerprint density at radius 2 is 2.05 bits per heavy atom. The van der Waals surface area contributed by atoms with Gasteiger partial charge in [0.15, 0.2) is 11.5 Å². The lowest BCUT2D eigenvalue weighted by molar-refractivity contribution is -0.138. The minimum atomic E-state index is -0.682. The van der Waals surface area contributed by atoms with Gasteiger partial charge in [0.05, 0.1) is 7.11 Å². The van der Waals surface area contributed by atoms with Crippen molar-refractivity contribution in [1.82, 2.24) is 4.90 Å². The van der Waals surface area contributed by atoms with E-state index >= 15 is 0 Å². The summed E-state index contributed by atoms with van der Waals surface area (Å²) < 4.78 is 11.1. The highest BCUT2D eigenvalue weighted by Gasteiger charge is 2.19. The third kappa shape index (κ3) is 5.22. The predicted octanol–water partition coefficient (Wildman–Crippen LogP) is 2.65. The van der Waals surface area contributed by atoms with Crippen LogP contribution in [0.5, 0.6) is 11.5 Å². The van der Waals surface area contributed by atoms with Crippen LogP contribution in [-0.2, 0) is 4.79 Å². The van der Waals surface area contributed by atoms with E-state index in [1.807, 2.05) is 24.3 Å². The van der Waals surface area contributed by atoms with Gasteiger partial charge in [-0.2, -0.15) is 0 Å². The maximum Gasteiger partial charge on any atom is 0.303 e. The number of methoxy groups -OCH3 is 1. The lowest BCUT2D eigenvalue weighted by Crippen LogP contribution is -2.29. The van der Waals surface area contributed by atoms with Crippen molar-refractivity contribution in [3.63, 3.8) is 0 Å². The van der Waals surface area contributed by atoms with Crippen LogP contribution in [0.25, 0.3) is 0 Å². The summed E-state index contributed by atoms with van der Waals surface area (Å²) in [5, 5.41) is 8.89. The van der Waals surface area contributed by atoms with Gasteiger partial charge in [-0.05, 0) is 50.4 Å². The van der Waals surface area contributed by atoms with Gasteiger partial charge < -0.3 is 14.6 Å². The summed E-state index contributed by atoms with van der Waals surface area (Å²) >= 11 is 0. The monoisotopic (exact) mass is 307 g/mol. The Morgan fingerprint density at radius 1 is 1.27 bits per heavy atom. The molecule has 1 aromatic rings. The van der Waals surface area contributed by atoms with E-state index in [0.717, 1.165) is 50.4 Å². The molecule has 1 heterocycles. The zero-order valence-corrected chi connectivity index (χ0v) is 13.2. The van der Waals surface area contributed by atoms with Crippen LogP contribution in [-0.4, -0.2) is 49.3 Å². The summed E-state index contributed by atoms with van der Waals surface area (Å²) in [6.07, 6.45) is 3.33. The summed E-state index contributed by atoms with van der Waals surface area (Å²) in [7, 11) is 1.64. The van der Waals surface area contributed by atoms with E-state index in [1.54, 1.807) is 7.11 Å². The average Bonchev–Trinajstić information content (AvgIpc) is 2.73. The van der Waals surface area contributed by atoms with E-state index in [9.17, 15) is 4.79 Å². The molecule has 5 nitrogen and oxygen atoms in total. The highest BCUT2D eigenvalue weighted by atomic mass is 16.5. The largest absolute Gasteiger partial charge is 0.493 e. The summed E-state index contributed by atoms with van der Waals surface area (Å²) in [5.41, 5.74) is 0. The van der Waals surface area contributed by atoms with Crippen LogP contribution in [0.15, 0.2) is 24.3 Å². The van der Waals surface area contributed by atoms with Gasteiger partial charge >= 0.3 is 5.97 Å². The van der Waals surface area contributed by atoms with E-state index in [-0.39, 0.29) is 0 Å². The van der Waals surface area contributed by atoms with Crippen LogP contribution in [0.4, 0.5) is 0 Å². The van der Waals surface area contributed by atoms with Crippen molar-refractivity contribution in [3.8, 4) is 11.5 Å². The van der Waals surface area contributed by atoms with E-state index < -0.39 is 5.97 Å². The SMILES string of the molecule is COc1ccccc1OCCN1CCC[C@H](CC(=O)O)CC1. The molecule has 1 atom stereocenters. The van der Waals surface area contributed by atoms with Crippen molar-refractivity contribution in [3.05, 3.63) is 24.3 Å². The Bertz CT molecular complexity index is 477. The van der Waals surface area contributed by atoms with Crippen LogP contribution >= 0.6 is 0 Å². The van der Waals surface area contributed by atoms with Crippen molar-refractivity contribution >= 4 is 5.97 Å². The van der Waals surface area contributed by atoms with E-state index in [0.29, 0.717) is 18.9 Å². The Hall–Kier alpha value is -1.75. The van der Waals surface area contributed by atoms with Crippen molar-refractivity contribution in [2.24, 2.45) is 5.92 Å². The molecule has 22 heavy (non-hydrogen) atoms. The third-order valence-corrected chi connectivity index (χ3v) is 4.14. The normalized spacial score (nSPS) is 19.4. The number of ether oxygens (including phenoxy) is 2. The molecule has 1 fully saturated rings. The van der Waals surface area contributed by atoms with Crippen LogP contribution in [0, 0.1) is 5.92 Å². The standard InChI is InChI=1S/C17H25NO4/c1-21-15-6-2-3-7-16(15)22-12-11-18-9-4-5-14(8-10-18)13-17(19)20/h2-3,6-7,14H,4-5,8-13H2,1H3,(H,19,20)/t14-/m0/s1. The van der Waals surface area contributed by atoms with Crippen LogP contribution < -0.4 is 9.47 Å². The lowest BCUT2D eigenvalue weighted by atomic mass is 9.97. The molecule has 1 aromatic carbocycles. The Balaban J connectivity index is 1.74. The molecule has 0 aromatic heterocycles. The number of nitrogens with zero attached hydrogens (tertiary/aromatic N) is 1. The zero-order valence-electron chi connectivity index (χ0n) is 13.2. The zero-order chi connectivity index (χ0) is 15.8. The highest BCUT2D eigenvalue weighted by molar-refractivity contribution is 5.67. The second-order valence-electron chi connectivity index (χ2n) is 5.74. The fourth-order valence-electron chi connectivity index (χ4n) is 2.92. The Labute approximate surface area is 131 Å². The molecule has 0 radical (unpaired) electrons. The molecule has 0 amide bonds. The Morgan fingerprint density at radius 3 is 2.77 bits per heavy atom. The molecule has 0 bridgehead atoms. The number of aliphatic carboxylic acids is 1. The van der Waals surface area contributed by atoms with Crippen molar-refractivity contribution in [2.45, 2.75) is 25.7 Å². The van der Waals surface area contributed by atoms with Gasteiger partial charge in [0.1, 0.15) is 6.61 Å². The number of likely N-dealkylation sites (tertiary alicyclic amines) is 1. The molecular weight excluding hydrogens is 282 g/mol. The van der Waals surface area contributed by atoms with Gasteiger partial charge in [0.25, 0.3) is 0 Å². The van der Waals surface area contributed by atoms with Gasteiger partial charge in [0.2, 0.25) is 0 Å². The minimum Gasteiger partial charge on any atom is -0.493 e. The molecule has 1 saturated heterocycles. The lowest BCUT2D eigenvalue weighted by Gasteiger charge is -2.20. The fraction of sp³-hybridized carbons (Fsp3) is 0.588. The number of carbonyl (C=O) groups is 1. The van der Waals surface area contributed by atoms with E-state index in [1.165, 1.54) is 0 Å². The molecule has 0 aliphatic carbocycles. The summed E-state index contributed by atoms with van der Waals surface area (Å²) in [4.78, 5) is 13.2. The number of rotatable bonds is 7. The first kappa shape index (κ1) is 16.6. The quantitative estimate of drug-likeness (QED) is 0.839. The Kier molecular flexibility index (Phi) is 6.52. The van der Waals surface area contributed by atoms with Crippen LogP contribution in [0.3, 0.4) is 0 Å². The summed E-state index contributed by atoms with van der Waals surface area (Å²) in [6.45, 7) is 3.44. The number of hydrogen-bond donors (Lipinski definition) is 1. The van der Waals surface area contributed by atoms with Crippen LogP contribution in [0.2, 0.25) is 0 Å². The highest BCUT2D eigenvalue weighted by Crippen LogP contribution is 2.26. The van der Waals surface area contributed by atoms with Gasteiger partial charge in [0, 0.05) is 13.0 Å². The second-order valence-corrected chi connectivity index (χ2v) is 5.74. The molecule has 5 heteroatoms. The number of hydrogen-bond acceptors (Lipinski definition) is 4. The minimum absolute atomic E-state index is 0.297. The average molecular weight is 307 g/mol. The smallest absolute Gasteiger partial charge is 0.303 e. The number of carboxylic acid groups (broad SMARTS) is 1. The number of benzene rings is 1. The molecule has 1 N–H and O–H groups in total. The topological polar surface area (TPSA) is 59.0 Å². The van der Waals surface area contributed by atoms with Gasteiger partial charge in [-0.3, -0.25) is 9.69 Å². The van der Waals surface area contributed by atoms with Gasteiger partial charge in [-0.25, -0.2) is 0 Å². The number of para-hydroxylation sites is 2. The first-order chi connectivity index (χ1) is 10.7.